The highest BCUT2D eigenvalue weighted by atomic mass is 32.2. The normalized spacial score (nSPS) is 11.4. The largest absolute Gasteiger partial charge is 0.444 e. The Kier molecular flexibility index (Phi) is 7.50. The summed E-state index contributed by atoms with van der Waals surface area (Å²) in [5, 5.41) is 3.61. The lowest BCUT2D eigenvalue weighted by molar-refractivity contribution is 0.0523. The first-order chi connectivity index (χ1) is 14.2. The van der Waals surface area contributed by atoms with Crippen molar-refractivity contribution in [3.8, 4) is 11.1 Å². The number of hydrogen-bond donors (Lipinski definition) is 1. The number of aromatic nitrogens is 1. The third kappa shape index (κ3) is 6.79. The Morgan fingerprint density at radius 2 is 1.80 bits per heavy atom. The molecule has 1 aromatic heterocycles. The molecule has 1 amide bonds. The molecule has 0 bridgehead atoms. The van der Waals surface area contributed by atoms with E-state index in [4.69, 9.17) is 4.74 Å². The van der Waals surface area contributed by atoms with Crippen LogP contribution in [0, 0.1) is 6.92 Å². The van der Waals surface area contributed by atoms with Gasteiger partial charge in [0, 0.05) is 9.79 Å². The van der Waals surface area contributed by atoms with Crippen LogP contribution in [0.25, 0.3) is 11.1 Å². The maximum Gasteiger partial charge on any atom is 0.408 e. The molecule has 0 aliphatic rings. The Labute approximate surface area is 190 Å². The summed E-state index contributed by atoms with van der Waals surface area (Å²) >= 11 is 5.01. The highest BCUT2D eigenvalue weighted by molar-refractivity contribution is 8.01. The number of thiazole rings is 1. The van der Waals surface area contributed by atoms with Gasteiger partial charge < -0.3 is 10.1 Å². The highest BCUT2D eigenvalue weighted by Gasteiger charge is 2.16. The van der Waals surface area contributed by atoms with Crippen molar-refractivity contribution in [1.82, 2.24) is 10.3 Å². The van der Waals surface area contributed by atoms with Gasteiger partial charge in [0.2, 0.25) is 0 Å². The molecule has 4 nitrogen and oxygen atoms in total. The van der Waals surface area contributed by atoms with Crippen LogP contribution in [0.15, 0.2) is 62.7 Å². The van der Waals surface area contributed by atoms with Crippen LogP contribution in [0.5, 0.6) is 0 Å². The molecular weight excluding hydrogens is 432 g/mol. The van der Waals surface area contributed by atoms with Crippen molar-refractivity contribution in [1.29, 1.82) is 0 Å². The summed E-state index contributed by atoms with van der Waals surface area (Å²) in [6.45, 7) is 8.00. The second-order valence-corrected chi connectivity index (χ2v) is 11.2. The fourth-order valence-corrected chi connectivity index (χ4v) is 5.27. The second kappa shape index (κ2) is 9.90. The first kappa shape index (κ1) is 22.7. The topological polar surface area (TPSA) is 51.2 Å². The van der Waals surface area contributed by atoms with Crippen molar-refractivity contribution in [3.63, 3.8) is 0 Å². The Morgan fingerprint density at radius 1 is 1.10 bits per heavy atom. The van der Waals surface area contributed by atoms with E-state index >= 15 is 0 Å². The van der Waals surface area contributed by atoms with E-state index in [2.05, 4.69) is 65.9 Å². The number of alkyl carbamates (subject to hydrolysis) is 1. The quantitative estimate of drug-likeness (QED) is 0.402. The number of nitrogens with one attached hydrogen (secondary N) is 1. The Balaban J connectivity index is 1.70. The van der Waals surface area contributed by atoms with E-state index in [1.165, 1.54) is 26.5 Å². The van der Waals surface area contributed by atoms with Crippen LogP contribution in [0.1, 0.15) is 31.3 Å². The maximum absolute atomic E-state index is 11.8. The van der Waals surface area contributed by atoms with Crippen molar-refractivity contribution in [3.05, 3.63) is 59.2 Å². The molecule has 2 aromatic carbocycles. The number of ether oxygens (including phenoxy) is 1. The molecule has 1 heterocycles. The zero-order chi connectivity index (χ0) is 21.7. The van der Waals surface area contributed by atoms with Gasteiger partial charge in [-0.05, 0) is 63.3 Å². The molecule has 0 saturated heterocycles. The Morgan fingerprint density at radius 3 is 2.47 bits per heavy atom. The van der Waals surface area contributed by atoms with E-state index in [1.807, 2.05) is 27.0 Å². The standard InChI is InChI=1S/C23H26N2O2S3/c1-15-6-8-16(9-7-15)17-10-18(28-5)12-19(11-17)29-21-14-24-20(30-21)13-25-22(26)27-23(2,3)4/h6-12,14H,13H2,1-5H3,(H,25,26). The fourth-order valence-electron chi connectivity index (χ4n) is 2.66. The predicted octanol–water partition coefficient (Wildman–Crippen LogP) is 7.02. The minimum absolute atomic E-state index is 0.361. The number of carbonyl (C=O) groups is 1. The molecule has 158 valence electrons. The molecule has 0 unspecified atom stereocenters. The number of hydrogen-bond acceptors (Lipinski definition) is 6. The van der Waals surface area contributed by atoms with Crippen molar-refractivity contribution in [2.75, 3.05) is 6.26 Å². The molecule has 0 fully saturated rings. The van der Waals surface area contributed by atoms with Gasteiger partial charge in [-0.3, -0.25) is 0 Å². The maximum atomic E-state index is 11.8. The SMILES string of the molecule is CSc1cc(Sc2cnc(CNC(=O)OC(C)(C)C)s2)cc(-c2ccc(C)cc2)c1. The molecule has 0 spiro atoms. The van der Waals surface area contributed by atoms with Crippen LogP contribution in [-0.4, -0.2) is 22.9 Å². The third-order valence-electron chi connectivity index (χ3n) is 4.03. The molecule has 0 aliphatic carbocycles. The third-order valence-corrected chi connectivity index (χ3v) is 6.81. The molecule has 1 N–H and O–H groups in total. The summed E-state index contributed by atoms with van der Waals surface area (Å²) in [6.07, 6.45) is 3.52. The molecule has 3 aromatic rings. The number of amides is 1. The summed E-state index contributed by atoms with van der Waals surface area (Å²) < 4.78 is 6.36. The van der Waals surface area contributed by atoms with Gasteiger partial charge in [0.1, 0.15) is 10.6 Å². The molecule has 3 rings (SSSR count). The zero-order valence-electron chi connectivity index (χ0n) is 17.8. The molecule has 0 radical (unpaired) electrons. The first-order valence-electron chi connectivity index (χ1n) is 9.57. The predicted molar refractivity (Wildman–Crippen MR) is 128 cm³/mol. The van der Waals surface area contributed by atoms with Gasteiger partial charge in [-0.25, -0.2) is 9.78 Å². The molecule has 0 atom stereocenters. The number of nitrogens with zero attached hydrogens (tertiary/aromatic N) is 1. The number of rotatable bonds is 6. The Bertz CT molecular complexity index is 1010. The van der Waals surface area contributed by atoms with Crippen molar-refractivity contribution >= 4 is 41.0 Å². The van der Waals surface area contributed by atoms with Gasteiger partial charge in [0.05, 0.1) is 17.0 Å². The van der Waals surface area contributed by atoms with Crippen molar-refractivity contribution < 1.29 is 9.53 Å². The first-order valence-corrected chi connectivity index (χ1v) is 12.4. The van der Waals surface area contributed by atoms with Crippen LogP contribution < -0.4 is 5.32 Å². The van der Waals surface area contributed by atoms with E-state index in [-0.39, 0.29) is 0 Å². The molecule has 0 saturated carbocycles. The smallest absolute Gasteiger partial charge is 0.408 e. The van der Waals surface area contributed by atoms with Crippen molar-refractivity contribution in [2.24, 2.45) is 0 Å². The minimum atomic E-state index is -0.508. The van der Waals surface area contributed by atoms with Gasteiger partial charge >= 0.3 is 6.09 Å². The number of benzene rings is 2. The van der Waals surface area contributed by atoms with E-state index in [0.717, 1.165) is 9.22 Å². The number of thioether (sulfide) groups is 1. The van der Waals surface area contributed by atoms with E-state index < -0.39 is 11.7 Å². The summed E-state index contributed by atoms with van der Waals surface area (Å²) in [6, 6.07) is 15.2. The average molecular weight is 459 g/mol. The van der Waals surface area contributed by atoms with Crippen LogP contribution in [0.2, 0.25) is 0 Å². The second-order valence-electron chi connectivity index (χ2n) is 7.79. The summed E-state index contributed by atoms with van der Waals surface area (Å²) in [4.78, 5) is 18.7. The highest BCUT2D eigenvalue weighted by Crippen LogP contribution is 2.37. The molecule has 7 heteroatoms. The lowest BCUT2D eigenvalue weighted by Crippen LogP contribution is -2.32. The summed E-state index contributed by atoms with van der Waals surface area (Å²) in [5.41, 5.74) is 3.17. The van der Waals surface area contributed by atoms with Crippen LogP contribution in [0.4, 0.5) is 4.79 Å². The van der Waals surface area contributed by atoms with Crippen LogP contribution >= 0.6 is 34.9 Å². The van der Waals surface area contributed by atoms with Crippen molar-refractivity contribution in [2.45, 2.75) is 53.8 Å². The zero-order valence-corrected chi connectivity index (χ0v) is 20.3. The van der Waals surface area contributed by atoms with E-state index in [1.54, 1.807) is 34.9 Å². The van der Waals surface area contributed by atoms with Crippen LogP contribution in [0.3, 0.4) is 0 Å². The average Bonchev–Trinajstić information content (AvgIpc) is 3.12. The molecular formula is C23H26N2O2S3. The van der Waals surface area contributed by atoms with Gasteiger partial charge in [-0.15, -0.1) is 23.1 Å². The van der Waals surface area contributed by atoms with Gasteiger partial charge in [0.25, 0.3) is 0 Å². The monoisotopic (exact) mass is 458 g/mol. The summed E-state index contributed by atoms with van der Waals surface area (Å²) in [5.74, 6) is 0. The van der Waals surface area contributed by atoms with Gasteiger partial charge in [-0.2, -0.15) is 0 Å². The molecule has 30 heavy (non-hydrogen) atoms. The fraction of sp³-hybridized carbons (Fsp3) is 0.304. The van der Waals surface area contributed by atoms with Crippen LogP contribution in [-0.2, 0) is 11.3 Å². The Hall–Kier alpha value is -1.96. The lowest BCUT2D eigenvalue weighted by Gasteiger charge is -2.19. The lowest BCUT2D eigenvalue weighted by atomic mass is 10.0. The van der Waals surface area contributed by atoms with E-state index in [9.17, 15) is 4.79 Å². The number of aryl methyl sites for hydroxylation is 1. The van der Waals surface area contributed by atoms with Gasteiger partial charge in [0.15, 0.2) is 0 Å². The number of carbonyl (C=O) groups excluding carboxylic acids is 1. The van der Waals surface area contributed by atoms with E-state index in [0.29, 0.717) is 6.54 Å². The minimum Gasteiger partial charge on any atom is -0.444 e. The summed E-state index contributed by atoms with van der Waals surface area (Å²) in [7, 11) is 0. The van der Waals surface area contributed by atoms with Gasteiger partial charge in [-0.1, -0.05) is 41.6 Å². The molecule has 0 aliphatic heterocycles.